The van der Waals surface area contributed by atoms with E-state index in [1.54, 1.807) is 0 Å². The van der Waals surface area contributed by atoms with Gasteiger partial charge < -0.3 is 10.6 Å². The summed E-state index contributed by atoms with van der Waals surface area (Å²) in [5, 5.41) is 0.836. The molecule has 0 amide bonds. The Morgan fingerprint density at radius 1 is 1.26 bits per heavy atom. The maximum Gasteiger partial charge on any atom is 0.0642 e. The molecule has 0 radical (unpaired) electrons. The monoisotopic (exact) mass is 282 g/mol. The highest BCUT2D eigenvalue weighted by atomic mass is 35.5. The topological polar surface area (TPSA) is 29.3 Å². The summed E-state index contributed by atoms with van der Waals surface area (Å²) < 4.78 is 0. The molecule has 0 saturated heterocycles. The molecule has 0 spiro atoms. The summed E-state index contributed by atoms with van der Waals surface area (Å²) in [4.78, 5) is 2.35. The maximum absolute atomic E-state index is 6.45. The van der Waals surface area contributed by atoms with Crippen molar-refractivity contribution in [3.63, 3.8) is 0 Å². The zero-order chi connectivity index (χ0) is 14.4. The van der Waals surface area contributed by atoms with Crippen LogP contribution in [0.25, 0.3) is 0 Å². The second kappa shape index (κ2) is 7.76. The third-order valence-electron chi connectivity index (χ3n) is 3.43. The number of halogens is 1. The smallest absolute Gasteiger partial charge is 0.0642 e. The Morgan fingerprint density at radius 3 is 2.42 bits per heavy atom. The number of rotatable bonds is 7. The fraction of sp³-hybridized carbons (Fsp3) is 0.625. The Hall–Kier alpha value is -0.730. The Bertz CT molecular complexity index is 390. The molecule has 19 heavy (non-hydrogen) atoms. The van der Waals surface area contributed by atoms with Crippen molar-refractivity contribution in [2.24, 2.45) is 5.73 Å². The van der Waals surface area contributed by atoms with Crippen LogP contribution >= 0.6 is 11.6 Å². The predicted octanol–water partition coefficient (Wildman–Crippen LogP) is 4.24. The van der Waals surface area contributed by atoms with Crippen LogP contribution in [0.4, 0.5) is 5.69 Å². The van der Waals surface area contributed by atoms with Crippen LogP contribution in [0, 0.1) is 0 Å². The van der Waals surface area contributed by atoms with E-state index in [-0.39, 0.29) is 6.04 Å². The fourth-order valence-corrected chi connectivity index (χ4v) is 2.57. The van der Waals surface area contributed by atoms with Crippen molar-refractivity contribution in [3.8, 4) is 0 Å². The number of anilines is 1. The molecule has 0 bridgehead atoms. The largest absolute Gasteiger partial charge is 0.368 e. The Labute approximate surface area is 122 Å². The number of hydrogen-bond acceptors (Lipinski definition) is 2. The van der Waals surface area contributed by atoms with Crippen molar-refractivity contribution < 1.29 is 0 Å². The van der Waals surface area contributed by atoms with Gasteiger partial charge in [-0.15, -0.1) is 0 Å². The van der Waals surface area contributed by atoms with Crippen molar-refractivity contribution in [2.45, 2.75) is 59.0 Å². The van der Waals surface area contributed by atoms with Crippen LogP contribution < -0.4 is 10.6 Å². The third-order valence-corrected chi connectivity index (χ3v) is 3.73. The van der Waals surface area contributed by atoms with Crippen LogP contribution in [0.5, 0.6) is 0 Å². The van der Waals surface area contributed by atoms with Crippen molar-refractivity contribution in [3.05, 3.63) is 28.8 Å². The van der Waals surface area contributed by atoms with E-state index in [0.717, 1.165) is 36.5 Å². The fourth-order valence-electron chi connectivity index (χ4n) is 2.26. The number of nitrogens with two attached hydrogens (primary N) is 1. The summed E-state index contributed by atoms with van der Waals surface area (Å²) in [6.45, 7) is 9.74. The van der Waals surface area contributed by atoms with Gasteiger partial charge in [0.25, 0.3) is 0 Å². The molecule has 0 saturated carbocycles. The predicted molar refractivity (Wildman–Crippen MR) is 86.2 cm³/mol. The lowest BCUT2D eigenvalue weighted by Crippen LogP contribution is -2.31. The first-order valence-electron chi connectivity index (χ1n) is 7.30. The lowest BCUT2D eigenvalue weighted by Gasteiger charge is -2.29. The Morgan fingerprint density at radius 2 is 1.95 bits per heavy atom. The van der Waals surface area contributed by atoms with Gasteiger partial charge in [0.2, 0.25) is 0 Å². The first kappa shape index (κ1) is 16.3. The molecule has 1 atom stereocenters. The number of benzene rings is 1. The van der Waals surface area contributed by atoms with Crippen molar-refractivity contribution in [1.82, 2.24) is 0 Å². The molecule has 0 aromatic heterocycles. The molecule has 1 unspecified atom stereocenters. The minimum Gasteiger partial charge on any atom is -0.368 e. The average Bonchev–Trinajstić information content (AvgIpc) is 2.36. The summed E-state index contributed by atoms with van der Waals surface area (Å²) in [5.74, 6) is 0. The quantitative estimate of drug-likeness (QED) is 0.810. The van der Waals surface area contributed by atoms with Gasteiger partial charge in [-0.05, 0) is 50.8 Å². The van der Waals surface area contributed by atoms with E-state index in [1.807, 2.05) is 0 Å². The third kappa shape index (κ3) is 4.70. The van der Waals surface area contributed by atoms with E-state index in [0.29, 0.717) is 6.04 Å². The van der Waals surface area contributed by atoms with Crippen molar-refractivity contribution in [2.75, 3.05) is 11.4 Å². The maximum atomic E-state index is 6.45. The lowest BCUT2D eigenvalue weighted by atomic mass is 10.0. The summed E-state index contributed by atoms with van der Waals surface area (Å²) in [5.41, 5.74) is 8.35. The van der Waals surface area contributed by atoms with Gasteiger partial charge in [0.1, 0.15) is 0 Å². The zero-order valence-corrected chi connectivity index (χ0v) is 13.4. The summed E-state index contributed by atoms with van der Waals surface area (Å²) in [7, 11) is 0. The molecule has 1 rings (SSSR count). The number of hydrogen-bond donors (Lipinski definition) is 1. The standard InChI is InChI=1S/C16H27ClN2/c1-5-9-19(12(3)4)16-8-7-13(11-15(16)17)10-14(18)6-2/h7-8,11-12,14H,5-6,9-10,18H2,1-4H3. The number of nitrogens with zero attached hydrogens (tertiary/aromatic N) is 1. The molecule has 0 heterocycles. The summed E-state index contributed by atoms with van der Waals surface area (Å²) in [6, 6.07) is 7.04. The highest BCUT2D eigenvalue weighted by Gasteiger charge is 2.13. The van der Waals surface area contributed by atoms with Crippen LogP contribution in [0.15, 0.2) is 18.2 Å². The molecule has 2 nitrogen and oxygen atoms in total. The van der Waals surface area contributed by atoms with Gasteiger partial charge in [0, 0.05) is 18.6 Å². The molecule has 0 aliphatic rings. The van der Waals surface area contributed by atoms with Gasteiger partial charge in [-0.3, -0.25) is 0 Å². The molecule has 0 aliphatic heterocycles. The van der Waals surface area contributed by atoms with Gasteiger partial charge in [-0.2, -0.15) is 0 Å². The van der Waals surface area contributed by atoms with Crippen LogP contribution in [-0.4, -0.2) is 18.6 Å². The molecule has 108 valence electrons. The minimum absolute atomic E-state index is 0.221. The van der Waals surface area contributed by atoms with E-state index in [9.17, 15) is 0 Å². The SMILES string of the molecule is CCCN(c1ccc(CC(N)CC)cc1Cl)C(C)C. The van der Waals surface area contributed by atoms with Gasteiger partial charge in [0.05, 0.1) is 10.7 Å². The molecular weight excluding hydrogens is 256 g/mol. The molecule has 0 fully saturated rings. The van der Waals surface area contributed by atoms with Gasteiger partial charge >= 0.3 is 0 Å². The normalized spacial score (nSPS) is 12.8. The molecule has 3 heteroatoms. The van der Waals surface area contributed by atoms with Crippen LogP contribution in [0.3, 0.4) is 0 Å². The van der Waals surface area contributed by atoms with Gasteiger partial charge in [-0.25, -0.2) is 0 Å². The van der Waals surface area contributed by atoms with E-state index in [4.69, 9.17) is 17.3 Å². The summed E-state index contributed by atoms with van der Waals surface area (Å²) >= 11 is 6.45. The van der Waals surface area contributed by atoms with Gasteiger partial charge in [-0.1, -0.05) is 31.5 Å². The van der Waals surface area contributed by atoms with E-state index >= 15 is 0 Å². The first-order chi connectivity index (χ1) is 8.99. The average molecular weight is 283 g/mol. The highest BCUT2D eigenvalue weighted by molar-refractivity contribution is 6.33. The van der Waals surface area contributed by atoms with Crippen molar-refractivity contribution >= 4 is 17.3 Å². The summed E-state index contributed by atoms with van der Waals surface area (Å²) in [6.07, 6.45) is 3.01. The lowest BCUT2D eigenvalue weighted by molar-refractivity contribution is 0.645. The van der Waals surface area contributed by atoms with Crippen LogP contribution in [-0.2, 0) is 6.42 Å². The van der Waals surface area contributed by atoms with Crippen molar-refractivity contribution in [1.29, 1.82) is 0 Å². The molecule has 1 aromatic carbocycles. The van der Waals surface area contributed by atoms with E-state index in [1.165, 1.54) is 5.56 Å². The molecule has 1 aromatic rings. The second-order valence-corrected chi connectivity index (χ2v) is 5.85. The van der Waals surface area contributed by atoms with E-state index in [2.05, 4.69) is 50.8 Å². The Balaban J connectivity index is 2.92. The van der Waals surface area contributed by atoms with Crippen LogP contribution in [0.1, 0.15) is 46.1 Å². The molecule has 2 N–H and O–H groups in total. The van der Waals surface area contributed by atoms with E-state index < -0.39 is 0 Å². The molecule has 0 aliphatic carbocycles. The molecular formula is C16H27ClN2. The second-order valence-electron chi connectivity index (χ2n) is 5.45. The highest BCUT2D eigenvalue weighted by Crippen LogP contribution is 2.29. The van der Waals surface area contributed by atoms with Gasteiger partial charge in [0.15, 0.2) is 0 Å². The van der Waals surface area contributed by atoms with Crippen LogP contribution in [0.2, 0.25) is 5.02 Å². The first-order valence-corrected chi connectivity index (χ1v) is 7.68. The zero-order valence-electron chi connectivity index (χ0n) is 12.6. The minimum atomic E-state index is 0.221. The Kier molecular flexibility index (Phi) is 6.67.